The third-order valence-corrected chi connectivity index (χ3v) is 4.87. The maximum atomic E-state index is 5.91. The van der Waals surface area contributed by atoms with E-state index in [0.29, 0.717) is 11.8 Å². The molecule has 96 valence electrons. The van der Waals surface area contributed by atoms with Gasteiger partial charge in [-0.1, -0.05) is 39.0 Å². The van der Waals surface area contributed by atoms with Gasteiger partial charge in [-0.15, -0.1) is 0 Å². The van der Waals surface area contributed by atoms with Crippen LogP contribution in [-0.4, -0.2) is 15.4 Å². The summed E-state index contributed by atoms with van der Waals surface area (Å²) in [5.41, 5.74) is 4.09. The fourth-order valence-electron chi connectivity index (χ4n) is 1.75. The van der Waals surface area contributed by atoms with Crippen molar-refractivity contribution in [3.8, 4) is 0 Å². The van der Waals surface area contributed by atoms with E-state index in [1.165, 1.54) is 12.8 Å². The van der Waals surface area contributed by atoms with E-state index in [0.717, 1.165) is 0 Å². The zero-order valence-corrected chi connectivity index (χ0v) is 13.7. The molecule has 2 unspecified atom stereocenters. The Morgan fingerprint density at radius 1 is 1.12 bits per heavy atom. The summed E-state index contributed by atoms with van der Waals surface area (Å²) >= 11 is 0. The van der Waals surface area contributed by atoms with Gasteiger partial charge >= 0.3 is 0 Å². The molecule has 0 aromatic heterocycles. The second-order valence-corrected chi connectivity index (χ2v) is 6.78. The normalized spacial score (nSPS) is 16.4. The Morgan fingerprint density at radius 2 is 1.56 bits per heavy atom. The molecule has 0 N–H and O–H groups in total. The summed E-state index contributed by atoms with van der Waals surface area (Å²) in [5.74, 6) is 1.43. The van der Waals surface area contributed by atoms with E-state index in [-0.39, 0.29) is 5.60 Å². The summed E-state index contributed by atoms with van der Waals surface area (Å²) in [7, 11) is -0.507. The Bertz CT molecular complexity index is 203. The lowest BCUT2D eigenvalue weighted by molar-refractivity contribution is 0.141. The lowest BCUT2D eigenvalue weighted by atomic mass is 9.88. The lowest BCUT2D eigenvalue weighted by Crippen LogP contribution is -2.21. The van der Waals surface area contributed by atoms with Crippen LogP contribution in [-0.2, 0) is 4.43 Å². The van der Waals surface area contributed by atoms with Crippen LogP contribution >= 0.6 is 0 Å². The van der Waals surface area contributed by atoms with E-state index in [9.17, 15) is 0 Å². The van der Waals surface area contributed by atoms with Crippen molar-refractivity contribution >= 4 is 9.76 Å². The zero-order valence-electron chi connectivity index (χ0n) is 12.3. The maximum Gasteiger partial charge on any atom is 0.185 e. The van der Waals surface area contributed by atoms with E-state index in [2.05, 4.69) is 54.2 Å². The lowest BCUT2D eigenvalue weighted by Gasteiger charge is -2.23. The van der Waals surface area contributed by atoms with E-state index in [4.69, 9.17) is 4.43 Å². The average molecular weight is 242 g/mol. The van der Waals surface area contributed by atoms with Crippen LogP contribution in [0.2, 0.25) is 0 Å². The molecule has 0 aliphatic rings. The predicted molar refractivity (Wildman–Crippen MR) is 76.4 cm³/mol. The average Bonchev–Trinajstić information content (AvgIpc) is 2.21. The third-order valence-electron chi connectivity index (χ3n) is 3.20. The van der Waals surface area contributed by atoms with Crippen molar-refractivity contribution in [2.75, 3.05) is 0 Å². The molecule has 0 amide bonds. The highest BCUT2D eigenvalue weighted by molar-refractivity contribution is 6.34. The summed E-state index contributed by atoms with van der Waals surface area (Å²) in [5, 5.41) is 0. The molecule has 0 spiro atoms. The van der Waals surface area contributed by atoms with Crippen LogP contribution in [0.15, 0.2) is 11.3 Å². The van der Waals surface area contributed by atoms with Crippen molar-refractivity contribution in [3.63, 3.8) is 0 Å². The Labute approximate surface area is 105 Å². The van der Waals surface area contributed by atoms with Crippen LogP contribution in [0.5, 0.6) is 0 Å². The summed E-state index contributed by atoms with van der Waals surface area (Å²) in [6.45, 7) is 15.6. The van der Waals surface area contributed by atoms with Gasteiger partial charge in [-0.2, -0.15) is 0 Å². The van der Waals surface area contributed by atoms with Crippen LogP contribution in [0.1, 0.15) is 61.3 Å². The standard InChI is InChI=1S/C14H30OSi/c1-8-11(3)13(12(4)9-2)10-16-15-14(5,6)7/h10-12H,8-9,16H2,1-7H3. The van der Waals surface area contributed by atoms with Crippen LogP contribution in [0, 0.1) is 11.8 Å². The Kier molecular flexibility index (Phi) is 7.25. The third kappa shape index (κ3) is 6.49. The van der Waals surface area contributed by atoms with E-state index < -0.39 is 9.76 Å². The van der Waals surface area contributed by atoms with Gasteiger partial charge in [0.25, 0.3) is 0 Å². The molecule has 0 aromatic rings. The molecule has 0 bridgehead atoms. The molecule has 16 heavy (non-hydrogen) atoms. The SMILES string of the molecule is CCC(C)C(=C[SiH2]OC(C)(C)C)C(C)CC. The molecule has 0 heterocycles. The Balaban J connectivity index is 4.45. The number of hydrogen-bond acceptors (Lipinski definition) is 1. The molecule has 1 nitrogen and oxygen atoms in total. The highest BCUT2D eigenvalue weighted by Crippen LogP contribution is 2.24. The number of allylic oxidation sites excluding steroid dienone is 1. The molecule has 0 fully saturated rings. The summed E-state index contributed by atoms with van der Waals surface area (Å²) in [4.78, 5) is 0. The van der Waals surface area contributed by atoms with Crippen molar-refractivity contribution < 1.29 is 4.43 Å². The molecule has 2 heteroatoms. The minimum absolute atomic E-state index is 0.0265. The van der Waals surface area contributed by atoms with E-state index in [1.807, 2.05) is 0 Å². The second-order valence-electron chi connectivity index (χ2n) is 5.75. The first-order valence-electron chi connectivity index (χ1n) is 6.65. The number of rotatable bonds is 6. The highest BCUT2D eigenvalue weighted by Gasteiger charge is 2.14. The van der Waals surface area contributed by atoms with Crippen LogP contribution in [0.4, 0.5) is 0 Å². The largest absolute Gasteiger partial charge is 0.415 e. The van der Waals surface area contributed by atoms with Gasteiger partial charge in [0.05, 0.1) is 0 Å². The van der Waals surface area contributed by atoms with Crippen LogP contribution < -0.4 is 0 Å². The fraction of sp³-hybridized carbons (Fsp3) is 0.857. The quantitative estimate of drug-likeness (QED) is 0.643. The van der Waals surface area contributed by atoms with Gasteiger partial charge in [0, 0.05) is 5.60 Å². The van der Waals surface area contributed by atoms with Gasteiger partial charge in [-0.05, 0) is 45.4 Å². The van der Waals surface area contributed by atoms with Gasteiger partial charge in [0.15, 0.2) is 9.76 Å². The van der Waals surface area contributed by atoms with Crippen molar-refractivity contribution in [2.45, 2.75) is 66.9 Å². The monoisotopic (exact) mass is 242 g/mol. The molecule has 0 saturated carbocycles. The first-order chi connectivity index (χ1) is 7.31. The molecule has 0 aliphatic carbocycles. The first kappa shape index (κ1) is 15.9. The van der Waals surface area contributed by atoms with E-state index >= 15 is 0 Å². The minimum Gasteiger partial charge on any atom is -0.415 e. The van der Waals surface area contributed by atoms with Crippen molar-refractivity contribution in [1.29, 1.82) is 0 Å². The summed E-state index contributed by atoms with van der Waals surface area (Å²) in [6.07, 6.45) is 2.47. The van der Waals surface area contributed by atoms with Gasteiger partial charge in [0.2, 0.25) is 0 Å². The molecule has 0 saturated heterocycles. The molecular formula is C14H30OSi. The second kappa shape index (κ2) is 7.28. The Morgan fingerprint density at radius 3 is 1.88 bits per heavy atom. The van der Waals surface area contributed by atoms with Crippen molar-refractivity contribution in [1.82, 2.24) is 0 Å². The van der Waals surface area contributed by atoms with Crippen molar-refractivity contribution in [2.24, 2.45) is 11.8 Å². The molecular weight excluding hydrogens is 212 g/mol. The van der Waals surface area contributed by atoms with Gasteiger partial charge in [-0.25, -0.2) is 0 Å². The first-order valence-corrected chi connectivity index (χ1v) is 8.05. The van der Waals surface area contributed by atoms with Crippen LogP contribution in [0.25, 0.3) is 0 Å². The predicted octanol–water partition coefficient (Wildman–Crippen LogP) is 3.86. The zero-order chi connectivity index (χ0) is 12.8. The smallest absolute Gasteiger partial charge is 0.185 e. The maximum absolute atomic E-state index is 5.91. The topological polar surface area (TPSA) is 9.23 Å². The molecule has 0 radical (unpaired) electrons. The van der Waals surface area contributed by atoms with E-state index in [1.54, 1.807) is 5.57 Å². The highest BCUT2D eigenvalue weighted by atomic mass is 28.2. The molecule has 0 aliphatic heterocycles. The minimum atomic E-state index is -0.507. The summed E-state index contributed by atoms with van der Waals surface area (Å²) in [6, 6.07) is 0. The Hall–Kier alpha value is -0.0831. The number of hydrogen-bond donors (Lipinski definition) is 0. The summed E-state index contributed by atoms with van der Waals surface area (Å²) < 4.78 is 5.91. The van der Waals surface area contributed by atoms with Gasteiger partial charge in [-0.3, -0.25) is 0 Å². The fourth-order valence-corrected chi connectivity index (χ4v) is 3.33. The van der Waals surface area contributed by atoms with Gasteiger partial charge in [0.1, 0.15) is 0 Å². The molecule has 0 aromatic carbocycles. The molecule has 2 atom stereocenters. The van der Waals surface area contributed by atoms with Gasteiger partial charge < -0.3 is 4.43 Å². The van der Waals surface area contributed by atoms with Crippen LogP contribution in [0.3, 0.4) is 0 Å². The molecule has 0 rings (SSSR count). The van der Waals surface area contributed by atoms with Crippen molar-refractivity contribution in [3.05, 3.63) is 11.3 Å².